The van der Waals surface area contributed by atoms with Crippen molar-refractivity contribution in [2.24, 2.45) is 0 Å². The molecule has 3 heterocycles. The molecular weight excluding hydrogens is 508 g/mol. The molecule has 1 aliphatic carbocycles. The summed E-state index contributed by atoms with van der Waals surface area (Å²) in [4.78, 5) is 18.3. The largest absolute Gasteiger partial charge is 0.393 e. The molecule has 0 aliphatic heterocycles. The molecule has 1 aliphatic rings. The fraction of sp³-hybridized carbons (Fsp3) is 0.265. The van der Waals surface area contributed by atoms with E-state index in [4.69, 9.17) is 15.7 Å². The van der Waals surface area contributed by atoms with Crippen LogP contribution in [0.15, 0.2) is 66.9 Å². The zero-order chi connectivity index (χ0) is 28.2. The first-order valence-electron chi connectivity index (χ1n) is 14.4. The lowest BCUT2D eigenvalue weighted by Crippen LogP contribution is -2.13. The number of para-hydroxylation sites is 1. The van der Waals surface area contributed by atoms with Crippen molar-refractivity contribution in [3.63, 3.8) is 0 Å². The molecule has 3 aromatic carbocycles. The van der Waals surface area contributed by atoms with Gasteiger partial charge in [0.2, 0.25) is 0 Å². The van der Waals surface area contributed by atoms with Crippen molar-refractivity contribution >= 4 is 38.7 Å². The van der Waals surface area contributed by atoms with Crippen LogP contribution in [0.3, 0.4) is 0 Å². The van der Waals surface area contributed by atoms with Gasteiger partial charge in [-0.25, -0.2) is 15.0 Å². The van der Waals surface area contributed by atoms with Crippen molar-refractivity contribution < 1.29 is 5.11 Å². The molecule has 4 N–H and O–H groups in total. The van der Waals surface area contributed by atoms with Gasteiger partial charge < -0.3 is 15.8 Å². The number of benzene rings is 3. The van der Waals surface area contributed by atoms with E-state index in [1.54, 1.807) is 0 Å². The van der Waals surface area contributed by atoms with Gasteiger partial charge >= 0.3 is 0 Å². The quantitative estimate of drug-likeness (QED) is 0.218. The van der Waals surface area contributed by atoms with Crippen molar-refractivity contribution in [1.82, 2.24) is 24.3 Å². The molecule has 41 heavy (non-hydrogen) atoms. The van der Waals surface area contributed by atoms with Gasteiger partial charge in [-0.05, 0) is 59.7 Å². The zero-order valence-electron chi connectivity index (χ0n) is 23.6. The first-order chi connectivity index (χ1) is 19.9. The molecule has 0 bridgehead atoms. The number of fused-ring (bicyclic) bond motifs is 3. The first-order valence-corrected chi connectivity index (χ1v) is 14.4. The number of nitrogen functional groups attached to an aromatic ring is 1. The van der Waals surface area contributed by atoms with E-state index >= 15 is 0 Å². The van der Waals surface area contributed by atoms with Gasteiger partial charge in [-0.1, -0.05) is 68.5 Å². The van der Waals surface area contributed by atoms with Crippen LogP contribution in [0.4, 0.5) is 5.82 Å². The van der Waals surface area contributed by atoms with E-state index in [1.807, 2.05) is 6.20 Å². The van der Waals surface area contributed by atoms with Crippen LogP contribution in [0.1, 0.15) is 67.5 Å². The minimum atomic E-state index is -0.285. The standard InChI is InChI=1S/C34H34N6O/c1-19(2)34-39-31(32-33(35)36-18-28(40(32)34)21-11-14-23(41)15-12-21)26-16-13-22(24-8-4-5-9-25(24)26)17-29-37-27-10-6-7-20(3)30(27)38-29/h4-11,13,16,18-19,23,41H,12,14-15,17H2,1-3H3,(H2,35,36)(H,37,38). The number of H-pyrrole nitrogens is 1. The van der Waals surface area contributed by atoms with Gasteiger partial charge in [0, 0.05) is 17.9 Å². The Kier molecular flexibility index (Phi) is 6.12. The summed E-state index contributed by atoms with van der Waals surface area (Å²) in [6.45, 7) is 6.42. The predicted octanol–water partition coefficient (Wildman–Crippen LogP) is 6.96. The predicted molar refractivity (Wildman–Crippen MR) is 166 cm³/mol. The molecule has 0 amide bonds. The van der Waals surface area contributed by atoms with Gasteiger partial charge in [-0.3, -0.25) is 4.40 Å². The number of aromatic nitrogens is 5. The van der Waals surface area contributed by atoms with Crippen LogP contribution < -0.4 is 5.73 Å². The highest BCUT2D eigenvalue weighted by atomic mass is 16.3. The Morgan fingerprint density at radius 1 is 1.05 bits per heavy atom. The first kappa shape index (κ1) is 25.5. The Labute approximate surface area is 238 Å². The molecule has 0 radical (unpaired) electrons. The summed E-state index contributed by atoms with van der Waals surface area (Å²) in [5.41, 5.74) is 16.0. The Hall–Kier alpha value is -4.49. The maximum atomic E-state index is 10.1. The molecule has 0 spiro atoms. The SMILES string of the molecule is Cc1cccc2[nH]c(Cc3ccc(-c4nc(C(C)C)n5c(C6=CCC(O)CC6)cnc(N)c45)c4ccccc34)nc12. The number of nitrogens with two attached hydrogens (primary N) is 1. The Morgan fingerprint density at radius 3 is 2.63 bits per heavy atom. The third kappa shape index (κ3) is 4.28. The molecule has 0 fully saturated rings. The zero-order valence-corrected chi connectivity index (χ0v) is 23.6. The summed E-state index contributed by atoms with van der Waals surface area (Å²) in [5.74, 6) is 2.54. The number of anilines is 1. The number of nitrogens with zero attached hydrogens (tertiary/aromatic N) is 4. The lowest BCUT2D eigenvalue weighted by Gasteiger charge is -2.20. The Morgan fingerprint density at radius 2 is 1.88 bits per heavy atom. The number of aliphatic hydroxyl groups is 1. The summed E-state index contributed by atoms with van der Waals surface area (Å²) in [5, 5.41) is 12.4. The lowest BCUT2D eigenvalue weighted by atomic mass is 9.94. The molecule has 206 valence electrons. The van der Waals surface area contributed by atoms with E-state index < -0.39 is 0 Å². The Bertz CT molecular complexity index is 1980. The second-order valence-corrected chi connectivity index (χ2v) is 11.5. The van der Waals surface area contributed by atoms with Gasteiger partial charge in [-0.15, -0.1) is 0 Å². The summed E-state index contributed by atoms with van der Waals surface area (Å²) in [6.07, 6.45) is 6.60. The third-order valence-electron chi connectivity index (χ3n) is 8.33. The minimum Gasteiger partial charge on any atom is -0.393 e. The molecule has 7 heteroatoms. The topological polar surface area (TPSA) is 105 Å². The molecule has 0 saturated carbocycles. The van der Waals surface area contributed by atoms with E-state index in [0.717, 1.165) is 63.4 Å². The highest BCUT2D eigenvalue weighted by Crippen LogP contribution is 2.39. The van der Waals surface area contributed by atoms with Crippen LogP contribution in [-0.2, 0) is 6.42 Å². The van der Waals surface area contributed by atoms with E-state index in [-0.39, 0.29) is 12.0 Å². The van der Waals surface area contributed by atoms with Gasteiger partial charge in [-0.2, -0.15) is 0 Å². The number of rotatable bonds is 5. The number of hydrogen-bond donors (Lipinski definition) is 3. The summed E-state index contributed by atoms with van der Waals surface area (Å²) >= 11 is 0. The lowest BCUT2D eigenvalue weighted by molar-refractivity contribution is 0.166. The average molecular weight is 543 g/mol. The van der Waals surface area contributed by atoms with Crippen molar-refractivity contribution in [2.45, 2.75) is 58.5 Å². The third-order valence-corrected chi connectivity index (χ3v) is 8.33. The van der Waals surface area contributed by atoms with Gasteiger partial charge in [0.25, 0.3) is 0 Å². The number of aromatic amines is 1. The van der Waals surface area contributed by atoms with E-state index in [0.29, 0.717) is 18.7 Å². The monoisotopic (exact) mass is 542 g/mol. The summed E-state index contributed by atoms with van der Waals surface area (Å²) in [6, 6.07) is 19.1. The number of imidazole rings is 2. The second kappa shape index (κ2) is 9.85. The highest BCUT2D eigenvalue weighted by molar-refractivity contribution is 6.02. The minimum absolute atomic E-state index is 0.175. The normalized spacial score (nSPS) is 15.8. The molecule has 7 rings (SSSR count). The van der Waals surface area contributed by atoms with Gasteiger partial charge in [0.1, 0.15) is 28.7 Å². The fourth-order valence-corrected chi connectivity index (χ4v) is 6.23. The van der Waals surface area contributed by atoms with Crippen molar-refractivity contribution in [3.8, 4) is 11.3 Å². The molecule has 1 atom stereocenters. The average Bonchev–Trinajstić information content (AvgIpc) is 3.58. The fourth-order valence-electron chi connectivity index (χ4n) is 6.23. The number of aliphatic hydroxyl groups excluding tert-OH is 1. The second-order valence-electron chi connectivity index (χ2n) is 11.5. The smallest absolute Gasteiger partial charge is 0.150 e. The molecule has 6 aromatic rings. The van der Waals surface area contributed by atoms with Crippen molar-refractivity contribution in [1.29, 1.82) is 0 Å². The Balaban J connectivity index is 1.40. The summed E-state index contributed by atoms with van der Waals surface area (Å²) < 4.78 is 2.20. The van der Waals surface area contributed by atoms with Gasteiger partial charge in [0.15, 0.2) is 0 Å². The van der Waals surface area contributed by atoms with Crippen LogP contribution in [0.5, 0.6) is 0 Å². The van der Waals surface area contributed by atoms with Crippen LogP contribution >= 0.6 is 0 Å². The number of nitrogens with one attached hydrogen (secondary N) is 1. The van der Waals surface area contributed by atoms with E-state index in [2.05, 4.69) is 95.8 Å². The van der Waals surface area contributed by atoms with Crippen molar-refractivity contribution in [3.05, 3.63) is 95.3 Å². The van der Waals surface area contributed by atoms with E-state index in [1.165, 1.54) is 22.1 Å². The number of hydrogen-bond acceptors (Lipinski definition) is 5. The number of aryl methyl sites for hydroxylation is 1. The van der Waals surface area contributed by atoms with Crippen LogP contribution in [-0.4, -0.2) is 35.5 Å². The molecule has 7 nitrogen and oxygen atoms in total. The maximum absolute atomic E-state index is 10.1. The van der Waals surface area contributed by atoms with E-state index in [9.17, 15) is 5.11 Å². The van der Waals surface area contributed by atoms with Crippen LogP contribution in [0.2, 0.25) is 0 Å². The number of allylic oxidation sites excluding steroid dienone is 1. The molecule has 0 saturated heterocycles. The van der Waals surface area contributed by atoms with Crippen LogP contribution in [0.25, 0.3) is 44.2 Å². The van der Waals surface area contributed by atoms with Crippen LogP contribution in [0, 0.1) is 6.92 Å². The molecule has 3 aromatic heterocycles. The van der Waals surface area contributed by atoms with Gasteiger partial charge in [0.05, 0.1) is 29.0 Å². The molecule has 1 unspecified atom stereocenters. The molecular formula is C34H34N6O. The van der Waals surface area contributed by atoms with Crippen molar-refractivity contribution in [2.75, 3.05) is 5.73 Å². The highest BCUT2D eigenvalue weighted by Gasteiger charge is 2.24. The summed E-state index contributed by atoms with van der Waals surface area (Å²) in [7, 11) is 0. The maximum Gasteiger partial charge on any atom is 0.150 e.